The molecule has 0 saturated carbocycles. The molecule has 65 heavy (non-hydrogen) atoms. The third kappa shape index (κ3) is 19.4. The van der Waals surface area contributed by atoms with Crippen LogP contribution in [0.5, 0.6) is 0 Å². The van der Waals surface area contributed by atoms with Crippen molar-refractivity contribution in [1.82, 2.24) is 15.3 Å². The molecule has 3 amide bonds. The summed E-state index contributed by atoms with van der Waals surface area (Å²) in [6, 6.07) is 5.76. The summed E-state index contributed by atoms with van der Waals surface area (Å²) in [4.78, 5) is 69.2. The highest BCUT2D eigenvalue weighted by atomic mass is 32.2. The van der Waals surface area contributed by atoms with E-state index < -0.39 is 41.2 Å². The number of nitrogens with one attached hydrogen (secondary N) is 4. The Morgan fingerprint density at radius 2 is 1.29 bits per heavy atom. The summed E-state index contributed by atoms with van der Waals surface area (Å²) in [6.07, 6.45) is 4.20. The number of hydrogen-bond acceptors (Lipinski definition) is 12. The number of benzene rings is 2. The van der Waals surface area contributed by atoms with Crippen molar-refractivity contribution in [2.45, 2.75) is 101 Å². The molecular weight excluding hydrogens is 894 g/mol. The average Bonchev–Trinajstić information content (AvgIpc) is 3.23. The maximum Gasteiger partial charge on any atom is 0.275 e. The molecule has 0 radical (unpaired) electrons. The van der Waals surface area contributed by atoms with E-state index in [4.69, 9.17) is 17.2 Å². The third-order valence-electron chi connectivity index (χ3n) is 9.21. The number of anilines is 3. The highest BCUT2D eigenvalue weighted by Gasteiger charge is 2.30. The zero-order chi connectivity index (χ0) is 47.3. The van der Waals surface area contributed by atoms with Gasteiger partial charge in [0.05, 0.1) is 28.3 Å². The summed E-state index contributed by atoms with van der Waals surface area (Å²) < 4.78 is 72.2. The topological polar surface area (TPSA) is 245 Å². The number of nitrogens with two attached hydrogens (primary N) is 3. The number of aliphatic imine (C=N–C) groups is 2. The predicted molar refractivity (Wildman–Crippen MR) is 251 cm³/mol. The Kier molecular flexibility index (Phi) is 24.1. The van der Waals surface area contributed by atoms with Crippen molar-refractivity contribution in [3.63, 3.8) is 0 Å². The molecule has 0 aliphatic carbocycles. The Bertz CT molecular complexity index is 2120. The van der Waals surface area contributed by atoms with E-state index in [1.54, 1.807) is 7.05 Å². The Balaban J connectivity index is 0.0000145. The number of thioether (sulfide) groups is 2. The number of aryl methyl sites for hydroxylation is 1. The lowest BCUT2D eigenvalue weighted by molar-refractivity contribution is -0.119. The Morgan fingerprint density at radius 1 is 0.754 bits per heavy atom. The van der Waals surface area contributed by atoms with Gasteiger partial charge in [-0.3, -0.25) is 24.2 Å². The van der Waals surface area contributed by atoms with Gasteiger partial charge in [0.25, 0.3) is 29.7 Å². The lowest BCUT2D eigenvalue weighted by atomic mass is 9.99. The number of Topliss-reactive ketones (excluding diaryl/α,β-unsaturated/α-hetero) is 1. The Labute approximate surface area is 385 Å². The standard InChI is InChI=1S/C42H56F5N11O4S2.CH4/c1-41(44,45)27-19-26(9-8-11-29(59)10-4-6-14-52-24-49)36(64-18-16-51-3)30(20-27)57-38(61)33-23-34(55-25-54-33)39(62)58-32-22-28(42(2,46)47)21-31(37(32)63-17-13-48)56-35(60)12-5-7-15-53-40(43)50;/h19-25,51H,4-18,48H2,1-3H3,(H2,49,52)(H2,50,53)(H,56,60)(H,57,61)(H,58,62);1H4. The minimum Gasteiger partial charge on any atom is -0.390 e. The van der Waals surface area contributed by atoms with E-state index in [1.165, 1.54) is 30.2 Å². The highest BCUT2D eigenvalue weighted by Crippen LogP contribution is 2.41. The summed E-state index contributed by atoms with van der Waals surface area (Å²) in [5, 5.41) is 10.9. The normalized spacial score (nSPS) is 11.9. The molecule has 3 aromatic rings. The zero-order valence-corrected chi connectivity index (χ0v) is 37.6. The Hall–Kier alpha value is -5.19. The molecule has 10 N–H and O–H groups in total. The second-order valence-electron chi connectivity index (χ2n) is 14.6. The monoisotopic (exact) mass is 953 g/mol. The molecule has 2 aromatic carbocycles. The van der Waals surface area contributed by atoms with E-state index in [1.807, 2.05) is 0 Å². The van der Waals surface area contributed by atoms with E-state index in [2.05, 4.69) is 41.2 Å². The molecule has 358 valence electrons. The number of rotatable bonds is 28. The number of carbonyl (C=O) groups excluding carboxylic acids is 4. The number of alkyl halides is 4. The van der Waals surface area contributed by atoms with Gasteiger partial charge >= 0.3 is 0 Å². The zero-order valence-electron chi connectivity index (χ0n) is 36.0. The lowest BCUT2D eigenvalue weighted by Crippen LogP contribution is -2.21. The van der Waals surface area contributed by atoms with E-state index in [-0.39, 0.29) is 96.6 Å². The molecule has 0 aliphatic heterocycles. The molecule has 1 aromatic heterocycles. The first-order valence-electron chi connectivity index (χ1n) is 20.5. The summed E-state index contributed by atoms with van der Waals surface area (Å²) in [6.45, 7) is 2.66. The number of halogens is 5. The largest absolute Gasteiger partial charge is 0.390 e. The fourth-order valence-corrected chi connectivity index (χ4v) is 7.98. The fourth-order valence-electron chi connectivity index (χ4n) is 6.01. The van der Waals surface area contributed by atoms with Crippen LogP contribution >= 0.6 is 23.5 Å². The number of ketones is 1. The molecule has 0 unspecified atom stereocenters. The third-order valence-corrected chi connectivity index (χ3v) is 11.6. The van der Waals surface area contributed by atoms with Gasteiger partial charge in [0.2, 0.25) is 5.91 Å². The minimum absolute atomic E-state index is 0. The van der Waals surface area contributed by atoms with Crippen LogP contribution in [0.25, 0.3) is 0 Å². The smallest absolute Gasteiger partial charge is 0.275 e. The van der Waals surface area contributed by atoms with Crippen molar-refractivity contribution in [2.75, 3.05) is 60.7 Å². The van der Waals surface area contributed by atoms with Gasteiger partial charge in [0.1, 0.15) is 23.5 Å². The molecule has 22 heteroatoms. The van der Waals surface area contributed by atoms with E-state index in [9.17, 15) is 41.1 Å². The van der Waals surface area contributed by atoms with Crippen molar-refractivity contribution >= 4 is 76.5 Å². The Morgan fingerprint density at radius 3 is 1.86 bits per heavy atom. The number of aromatic nitrogens is 2. The second-order valence-corrected chi connectivity index (χ2v) is 16.8. The van der Waals surface area contributed by atoms with Gasteiger partial charge in [-0.2, -0.15) is 4.39 Å². The molecule has 0 bridgehead atoms. The van der Waals surface area contributed by atoms with Gasteiger partial charge in [-0.05, 0) is 75.4 Å². The first-order valence-corrected chi connectivity index (χ1v) is 22.5. The molecular formula is C43H60F5N11O4S2. The maximum absolute atomic E-state index is 14.9. The number of hydrogen-bond donors (Lipinski definition) is 7. The van der Waals surface area contributed by atoms with Gasteiger partial charge in [-0.15, -0.1) is 23.5 Å². The molecule has 0 aliphatic rings. The van der Waals surface area contributed by atoms with Gasteiger partial charge in [0, 0.05) is 92.9 Å². The lowest BCUT2D eigenvalue weighted by Gasteiger charge is -2.21. The van der Waals surface area contributed by atoms with Crippen LogP contribution in [0.15, 0.2) is 56.4 Å². The van der Waals surface area contributed by atoms with Crippen LogP contribution in [0, 0.1) is 0 Å². The minimum atomic E-state index is -3.42. The van der Waals surface area contributed by atoms with E-state index in [0.717, 1.165) is 43.2 Å². The number of nitrogens with zero attached hydrogens (tertiary/aromatic N) is 4. The number of amides is 3. The predicted octanol–water partition coefficient (Wildman–Crippen LogP) is 7.65. The molecule has 0 atom stereocenters. The summed E-state index contributed by atoms with van der Waals surface area (Å²) in [5.41, 5.74) is 14.8. The second kappa shape index (κ2) is 28.0. The van der Waals surface area contributed by atoms with Crippen molar-refractivity contribution in [3.05, 3.63) is 64.7 Å². The molecule has 1 heterocycles. The number of unbranched alkanes of at least 4 members (excludes halogenated alkanes) is 2. The first-order chi connectivity index (χ1) is 30.4. The van der Waals surface area contributed by atoms with Crippen LogP contribution in [-0.2, 0) is 27.9 Å². The highest BCUT2D eigenvalue weighted by molar-refractivity contribution is 7.99. The fraction of sp³-hybridized carbons (Fsp3) is 0.488. The number of carbonyl (C=O) groups is 4. The summed E-state index contributed by atoms with van der Waals surface area (Å²) in [7, 11) is 1.75. The quantitative estimate of drug-likeness (QED) is 0.00927. The van der Waals surface area contributed by atoms with Gasteiger partial charge in [-0.25, -0.2) is 32.5 Å². The summed E-state index contributed by atoms with van der Waals surface area (Å²) >= 11 is 2.41. The van der Waals surface area contributed by atoms with Crippen molar-refractivity contribution in [2.24, 2.45) is 27.2 Å². The van der Waals surface area contributed by atoms with Crippen LogP contribution in [-0.4, -0.2) is 90.6 Å². The molecule has 3 rings (SSSR count). The van der Waals surface area contributed by atoms with Gasteiger partial charge in [-0.1, -0.05) is 7.43 Å². The van der Waals surface area contributed by atoms with Crippen LogP contribution in [0.3, 0.4) is 0 Å². The molecule has 0 saturated heterocycles. The first kappa shape index (κ1) is 55.9. The van der Waals surface area contributed by atoms with Gasteiger partial charge < -0.3 is 38.5 Å². The molecule has 0 spiro atoms. The van der Waals surface area contributed by atoms with Gasteiger partial charge in [0.15, 0.2) is 0 Å². The SMILES string of the molecule is C.CNCCSc1c(CCCC(=O)CCCCN=CN)cc(C(C)(F)F)cc1NC(=O)c1cc(C(=O)Nc2cc(C(C)(F)F)cc(NC(=O)CCCCN=C(N)F)c2SCCN)ncn1. The van der Waals surface area contributed by atoms with Crippen molar-refractivity contribution < 1.29 is 41.1 Å². The maximum atomic E-state index is 14.9. The van der Waals surface area contributed by atoms with Crippen molar-refractivity contribution in [3.8, 4) is 0 Å². The van der Waals surface area contributed by atoms with Crippen LogP contribution in [0.4, 0.5) is 39.0 Å². The van der Waals surface area contributed by atoms with Crippen LogP contribution in [0.1, 0.15) is 110 Å². The molecule has 0 fully saturated rings. The molecule has 15 nitrogen and oxygen atoms in total. The summed E-state index contributed by atoms with van der Waals surface area (Å²) in [5.74, 6) is -8.24. The van der Waals surface area contributed by atoms with Crippen molar-refractivity contribution in [1.29, 1.82) is 0 Å². The van der Waals surface area contributed by atoms with Crippen LogP contribution < -0.4 is 38.5 Å². The van der Waals surface area contributed by atoms with E-state index >= 15 is 0 Å². The average molecular weight is 954 g/mol. The van der Waals surface area contributed by atoms with E-state index in [0.29, 0.717) is 68.3 Å². The van der Waals surface area contributed by atoms with Crippen LogP contribution in [0.2, 0.25) is 0 Å². The number of amidine groups is 1.